The van der Waals surface area contributed by atoms with Crippen LogP contribution in [0.1, 0.15) is 39.0 Å². The molecule has 4 heteroatoms. The molecular formula is C12H19NO3. The van der Waals surface area contributed by atoms with Gasteiger partial charge in [-0.15, -0.1) is 0 Å². The van der Waals surface area contributed by atoms with Gasteiger partial charge in [-0.05, 0) is 18.3 Å². The quantitative estimate of drug-likeness (QED) is 0.716. The fourth-order valence-corrected chi connectivity index (χ4v) is 2.09. The van der Waals surface area contributed by atoms with E-state index >= 15 is 0 Å². The average molecular weight is 225 g/mol. The summed E-state index contributed by atoms with van der Waals surface area (Å²) in [6.07, 6.45) is 7.91. The molecule has 0 heterocycles. The van der Waals surface area contributed by atoms with Gasteiger partial charge in [-0.3, -0.25) is 4.79 Å². The molecule has 0 bridgehead atoms. The second-order valence-electron chi connectivity index (χ2n) is 4.76. The molecule has 1 saturated carbocycles. The van der Waals surface area contributed by atoms with Crippen LogP contribution in [0.5, 0.6) is 0 Å². The normalized spacial score (nSPS) is 19.6. The predicted molar refractivity (Wildman–Crippen MR) is 61.0 cm³/mol. The number of carboxylic acids is 1. The van der Waals surface area contributed by atoms with Crippen LogP contribution in [0.4, 0.5) is 0 Å². The highest BCUT2D eigenvalue weighted by molar-refractivity contribution is 5.93. The zero-order valence-electron chi connectivity index (χ0n) is 9.66. The van der Waals surface area contributed by atoms with Crippen molar-refractivity contribution in [1.82, 2.24) is 5.32 Å². The Balaban J connectivity index is 2.32. The molecule has 0 radical (unpaired) electrons. The van der Waals surface area contributed by atoms with Crippen LogP contribution in [0.15, 0.2) is 12.2 Å². The van der Waals surface area contributed by atoms with Crippen molar-refractivity contribution in [3.05, 3.63) is 12.2 Å². The topological polar surface area (TPSA) is 66.4 Å². The van der Waals surface area contributed by atoms with E-state index in [4.69, 9.17) is 5.11 Å². The van der Waals surface area contributed by atoms with Crippen molar-refractivity contribution in [3.63, 3.8) is 0 Å². The van der Waals surface area contributed by atoms with E-state index in [1.807, 2.05) is 0 Å². The van der Waals surface area contributed by atoms with Crippen molar-refractivity contribution in [2.45, 2.75) is 39.0 Å². The number of rotatable bonds is 4. The summed E-state index contributed by atoms with van der Waals surface area (Å²) in [4.78, 5) is 21.5. The number of hydrogen-bond donors (Lipinski definition) is 2. The molecule has 0 atom stereocenters. The third-order valence-corrected chi connectivity index (χ3v) is 3.13. The number of carbonyl (C=O) groups excluding carboxylic acids is 1. The summed E-state index contributed by atoms with van der Waals surface area (Å²) in [7, 11) is 0. The lowest BCUT2D eigenvalue weighted by Crippen LogP contribution is -2.36. The van der Waals surface area contributed by atoms with Gasteiger partial charge in [0.05, 0.1) is 0 Å². The first-order chi connectivity index (χ1) is 7.52. The smallest absolute Gasteiger partial charge is 0.328 e. The van der Waals surface area contributed by atoms with Gasteiger partial charge in [0.25, 0.3) is 0 Å². The molecule has 0 saturated heterocycles. The summed E-state index contributed by atoms with van der Waals surface area (Å²) in [5.74, 6) is -1.42. The Labute approximate surface area is 95.7 Å². The summed E-state index contributed by atoms with van der Waals surface area (Å²) in [6, 6.07) is 0. The van der Waals surface area contributed by atoms with Crippen LogP contribution in [0, 0.1) is 5.41 Å². The van der Waals surface area contributed by atoms with Crippen LogP contribution in [0.2, 0.25) is 0 Å². The monoisotopic (exact) mass is 225 g/mol. The first-order valence-electron chi connectivity index (χ1n) is 5.71. The molecular weight excluding hydrogens is 206 g/mol. The highest BCUT2D eigenvalue weighted by atomic mass is 16.4. The summed E-state index contributed by atoms with van der Waals surface area (Å²) < 4.78 is 0. The van der Waals surface area contributed by atoms with E-state index in [1.54, 1.807) is 0 Å². The van der Waals surface area contributed by atoms with Gasteiger partial charge in [0.1, 0.15) is 0 Å². The van der Waals surface area contributed by atoms with Crippen molar-refractivity contribution in [2.24, 2.45) is 5.41 Å². The van der Waals surface area contributed by atoms with Crippen molar-refractivity contribution >= 4 is 11.9 Å². The molecule has 1 aliphatic carbocycles. The van der Waals surface area contributed by atoms with Crippen LogP contribution >= 0.6 is 0 Å². The van der Waals surface area contributed by atoms with Gasteiger partial charge in [0, 0.05) is 18.7 Å². The van der Waals surface area contributed by atoms with E-state index in [0.29, 0.717) is 6.54 Å². The summed E-state index contributed by atoms with van der Waals surface area (Å²) >= 11 is 0. The lowest BCUT2D eigenvalue weighted by molar-refractivity contribution is -0.131. The van der Waals surface area contributed by atoms with Crippen LogP contribution < -0.4 is 5.32 Å². The van der Waals surface area contributed by atoms with E-state index in [2.05, 4.69) is 12.2 Å². The Hall–Kier alpha value is -1.32. The molecule has 0 spiro atoms. The number of hydrogen-bond acceptors (Lipinski definition) is 2. The highest BCUT2D eigenvalue weighted by Gasteiger charge is 2.26. The molecule has 0 aliphatic heterocycles. The van der Waals surface area contributed by atoms with Crippen LogP contribution in [0.3, 0.4) is 0 Å². The number of amides is 1. The third kappa shape index (κ3) is 4.47. The molecule has 1 rings (SSSR count). The van der Waals surface area contributed by atoms with Gasteiger partial charge in [0.15, 0.2) is 0 Å². The number of nitrogens with one attached hydrogen (secondary N) is 1. The average Bonchev–Trinajstić information content (AvgIpc) is 2.25. The van der Waals surface area contributed by atoms with Gasteiger partial charge >= 0.3 is 5.97 Å². The van der Waals surface area contributed by atoms with Crippen LogP contribution in [-0.2, 0) is 9.59 Å². The standard InChI is InChI=1S/C12H19NO3/c1-12(7-3-2-4-8-12)9-13-10(14)5-6-11(15)16/h5-6H,2-4,7-9H2,1H3,(H,13,14)(H,15,16)/b6-5+. The summed E-state index contributed by atoms with van der Waals surface area (Å²) in [6.45, 7) is 2.81. The molecule has 0 aromatic carbocycles. The van der Waals surface area contributed by atoms with E-state index in [0.717, 1.165) is 25.0 Å². The molecule has 4 nitrogen and oxygen atoms in total. The largest absolute Gasteiger partial charge is 0.478 e. The number of aliphatic carboxylic acids is 1. The fraction of sp³-hybridized carbons (Fsp3) is 0.667. The molecule has 16 heavy (non-hydrogen) atoms. The number of carbonyl (C=O) groups is 2. The molecule has 1 amide bonds. The molecule has 1 aliphatic rings. The van der Waals surface area contributed by atoms with Crippen molar-refractivity contribution in [3.8, 4) is 0 Å². The minimum absolute atomic E-state index is 0.185. The van der Waals surface area contributed by atoms with E-state index in [9.17, 15) is 9.59 Å². The summed E-state index contributed by atoms with van der Waals surface area (Å²) in [5.41, 5.74) is 0.185. The Morgan fingerprint density at radius 1 is 1.25 bits per heavy atom. The van der Waals surface area contributed by atoms with E-state index in [1.165, 1.54) is 19.3 Å². The third-order valence-electron chi connectivity index (χ3n) is 3.13. The predicted octanol–water partition coefficient (Wildman–Crippen LogP) is 1.71. The molecule has 0 unspecified atom stereocenters. The molecule has 0 aromatic rings. The SMILES string of the molecule is CC1(CNC(=O)/C=C/C(=O)O)CCCCC1. The lowest BCUT2D eigenvalue weighted by Gasteiger charge is -2.33. The van der Waals surface area contributed by atoms with Crippen molar-refractivity contribution < 1.29 is 14.7 Å². The zero-order chi connectivity index (χ0) is 12.0. The highest BCUT2D eigenvalue weighted by Crippen LogP contribution is 2.34. The Bertz CT molecular complexity index is 291. The van der Waals surface area contributed by atoms with E-state index < -0.39 is 5.97 Å². The maximum Gasteiger partial charge on any atom is 0.328 e. The van der Waals surface area contributed by atoms with Crippen LogP contribution in [-0.4, -0.2) is 23.5 Å². The number of carboxylic acid groups (broad SMARTS) is 1. The maximum absolute atomic E-state index is 11.3. The maximum atomic E-state index is 11.3. The van der Waals surface area contributed by atoms with Crippen molar-refractivity contribution in [2.75, 3.05) is 6.54 Å². The second-order valence-corrected chi connectivity index (χ2v) is 4.76. The van der Waals surface area contributed by atoms with Gasteiger partial charge in [-0.2, -0.15) is 0 Å². The van der Waals surface area contributed by atoms with E-state index in [-0.39, 0.29) is 11.3 Å². The molecule has 2 N–H and O–H groups in total. The summed E-state index contributed by atoms with van der Waals surface area (Å²) in [5, 5.41) is 11.1. The van der Waals surface area contributed by atoms with Gasteiger partial charge < -0.3 is 10.4 Å². The minimum Gasteiger partial charge on any atom is -0.478 e. The fourth-order valence-electron chi connectivity index (χ4n) is 2.09. The minimum atomic E-state index is -1.10. The Kier molecular flexibility index (Phi) is 4.52. The first-order valence-corrected chi connectivity index (χ1v) is 5.71. The zero-order valence-corrected chi connectivity index (χ0v) is 9.66. The Morgan fingerprint density at radius 3 is 2.44 bits per heavy atom. The Morgan fingerprint density at radius 2 is 1.88 bits per heavy atom. The van der Waals surface area contributed by atoms with Gasteiger partial charge in [-0.1, -0.05) is 26.2 Å². The first kappa shape index (κ1) is 12.7. The molecule has 0 aromatic heterocycles. The van der Waals surface area contributed by atoms with Gasteiger partial charge in [-0.25, -0.2) is 4.79 Å². The van der Waals surface area contributed by atoms with Crippen molar-refractivity contribution in [1.29, 1.82) is 0 Å². The van der Waals surface area contributed by atoms with Gasteiger partial charge in [0.2, 0.25) is 5.91 Å². The molecule has 90 valence electrons. The van der Waals surface area contributed by atoms with Crippen LogP contribution in [0.25, 0.3) is 0 Å². The lowest BCUT2D eigenvalue weighted by atomic mass is 9.76. The second kappa shape index (κ2) is 5.68. The molecule has 1 fully saturated rings.